The van der Waals surface area contributed by atoms with Crippen molar-refractivity contribution in [3.05, 3.63) is 17.5 Å². The fourth-order valence-corrected chi connectivity index (χ4v) is 1.69. The molecule has 4 N–H and O–H groups in total. The maximum absolute atomic E-state index is 11.5. The fourth-order valence-electron chi connectivity index (χ4n) is 1.23. The lowest BCUT2D eigenvalue weighted by molar-refractivity contribution is 0.0527. The Morgan fingerprint density at radius 2 is 2.25 bits per heavy atom. The molecular formula is C8H13N3O4S. The Morgan fingerprint density at radius 1 is 1.62 bits per heavy atom. The van der Waals surface area contributed by atoms with E-state index in [1.54, 1.807) is 13.8 Å². The summed E-state index contributed by atoms with van der Waals surface area (Å²) in [4.78, 5) is 14.2. The molecule has 8 heteroatoms. The summed E-state index contributed by atoms with van der Waals surface area (Å²) >= 11 is 0. The van der Waals surface area contributed by atoms with Gasteiger partial charge in [-0.3, -0.25) is 4.72 Å². The van der Waals surface area contributed by atoms with Crippen molar-refractivity contribution < 1.29 is 17.9 Å². The number of carbonyl (C=O) groups excluding carboxylic acids is 1. The molecule has 1 aromatic rings. The van der Waals surface area contributed by atoms with Gasteiger partial charge in [-0.1, -0.05) is 0 Å². The summed E-state index contributed by atoms with van der Waals surface area (Å²) in [5.74, 6) is -0.604. The lowest BCUT2D eigenvalue weighted by atomic mass is 10.2. The van der Waals surface area contributed by atoms with E-state index in [0.29, 0.717) is 5.69 Å². The molecule has 0 spiro atoms. The number of esters is 1. The molecule has 16 heavy (non-hydrogen) atoms. The second-order valence-electron chi connectivity index (χ2n) is 3.07. The van der Waals surface area contributed by atoms with Crippen LogP contribution in [0.4, 0.5) is 5.69 Å². The van der Waals surface area contributed by atoms with Gasteiger partial charge in [-0.25, -0.2) is 9.93 Å². The lowest BCUT2D eigenvalue weighted by Gasteiger charge is -2.05. The molecule has 7 nitrogen and oxygen atoms in total. The molecular weight excluding hydrogens is 234 g/mol. The first-order valence-corrected chi connectivity index (χ1v) is 6.05. The zero-order valence-corrected chi connectivity index (χ0v) is 9.72. The van der Waals surface area contributed by atoms with Crippen LogP contribution in [0, 0.1) is 6.92 Å². The Kier molecular flexibility index (Phi) is 3.55. The topological polar surface area (TPSA) is 114 Å². The predicted octanol–water partition coefficient (Wildman–Crippen LogP) is 0.115. The molecule has 0 saturated carbocycles. The third-order valence-corrected chi connectivity index (χ3v) is 2.31. The van der Waals surface area contributed by atoms with Crippen LogP contribution in [0.2, 0.25) is 0 Å². The minimum absolute atomic E-state index is 0.0819. The largest absolute Gasteiger partial charge is 0.462 e. The number of nitrogens with two attached hydrogens (primary N) is 1. The van der Waals surface area contributed by atoms with Crippen LogP contribution in [0.3, 0.4) is 0 Å². The van der Waals surface area contributed by atoms with Crippen LogP contribution in [-0.2, 0) is 14.9 Å². The first kappa shape index (κ1) is 12.5. The Balaban J connectivity index is 3.08. The maximum atomic E-state index is 11.5. The standard InChI is InChI=1S/C8H13N3O4S/c1-3-15-8(12)7-5(2)10-4-6(7)11-16(9,13)14/h4,10-11H,3H2,1-2H3,(H2,9,13,14). The van der Waals surface area contributed by atoms with E-state index in [4.69, 9.17) is 9.88 Å². The van der Waals surface area contributed by atoms with Gasteiger partial charge in [0.1, 0.15) is 5.56 Å². The maximum Gasteiger partial charge on any atom is 0.342 e. The van der Waals surface area contributed by atoms with Crippen LogP contribution in [-0.4, -0.2) is 26.0 Å². The molecule has 0 saturated heterocycles. The van der Waals surface area contributed by atoms with E-state index >= 15 is 0 Å². The molecule has 1 heterocycles. The minimum Gasteiger partial charge on any atom is -0.462 e. The van der Waals surface area contributed by atoms with Crippen molar-refractivity contribution in [2.75, 3.05) is 11.3 Å². The van der Waals surface area contributed by atoms with E-state index < -0.39 is 16.2 Å². The van der Waals surface area contributed by atoms with E-state index in [2.05, 4.69) is 4.98 Å². The second kappa shape index (κ2) is 4.54. The van der Waals surface area contributed by atoms with Crippen molar-refractivity contribution >= 4 is 21.9 Å². The smallest absolute Gasteiger partial charge is 0.342 e. The molecule has 1 rings (SSSR count). The number of ether oxygens (including phenoxy) is 1. The van der Waals surface area contributed by atoms with E-state index in [0.717, 1.165) is 0 Å². The van der Waals surface area contributed by atoms with Gasteiger partial charge >= 0.3 is 5.97 Å². The van der Waals surface area contributed by atoms with Gasteiger partial charge in [0.05, 0.1) is 12.3 Å². The first-order chi connectivity index (χ1) is 7.35. The molecule has 0 aromatic carbocycles. The number of aromatic amines is 1. The van der Waals surface area contributed by atoms with Crippen molar-refractivity contribution in [2.24, 2.45) is 5.14 Å². The number of aromatic nitrogens is 1. The summed E-state index contributed by atoms with van der Waals surface area (Å²) in [6, 6.07) is 0. The third kappa shape index (κ3) is 2.97. The first-order valence-electron chi connectivity index (χ1n) is 4.50. The van der Waals surface area contributed by atoms with Gasteiger partial charge in [-0.05, 0) is 13.8 Å². The highest BCUT2D eigenvalue weighted by Gasteiger charge is 2.19. The zero-order chi connectivity index (χ0) is 12.3. The molecule has 0 fully saturated rings. The second-order valence-corrected chi connectivity index (χ2v) is 4.36. The number of rotatable bonds is 4. The summed E-state index contributed by atoms with van der Waals surface area (Å²) in [6.45, 7) is 3.49. The number of H-pyrrole nitrogens is 1. The van der Waals surface area contributed by atoms with Crippen molar-refractivity contribution in [1.82, 2.24) is 4.98 Å². The van der Waals surface area contributed by atoms with E-state index in [1.165, 1.54) is 6.20 Å². The molecule has 0 aliphatic carbocycles. The van der Waals surface area contributed by atoms with E-state index in [-0.39, 0.29) is 17.9 Å². The van der Waals surface area contributed by atoms with Gasteiger partial charge < -0.3 is 9.72 Å². The van der Waals surface area contributed by atoms with Crippen molar-refractivity contribution in [2.45, 2.75) is 13.8 Å². The monoisotopic (exact) mass is 247 g/mol. The molecule has 1 aromatic heterocycles. The van der Waals surface area contributed by atoms with Crippen LogP contribution >= 0.6 is 0 Å². The average Bonchev–Trinajstić information content (AvgIpc) is 2.44. The van der Waals surface area contributed by atoms with Crippen LogP contribution in [0.1, 0.15) is 23.0 Å². The SMILES string of the molecule is CCOC(=O)c1c(NS(N)(=O)=O)c[nH]c1C. The highest BCUT2D eigenvalue weighted by atomic mass is 32.2. The number of carbonyl (C=O) groups is 1. The molecule has 0 radical (unpaired) electrons. The molecule has 0 atom stereocenters. The van der Waals surface area contributed by atoms with Crippen LogP contribution in [0.15, 0.2) is 6.20 Å². The van der Waals surface area contributed by atoms with Crippen LogP contribution in [0.25, 0.3) is 0 Å². The zero-order valence-electron chi connectivity index (χ0n) is 8.90. The van der Waals surface area contributed by atoms with E-state index in [1.807, 2.05) is 4.72 Å². The number of nitrogens with one attached hydrogen (secondary N) is 2. The number of anilines is 1. The lowest BCUT2D eigenvalue weighted by Crippen LogP contribution is -2.23. The highest BCUT2D eigenvalue weighted by Crippen LogP contribution is 2.20. The van der Waals surface area contributed by atoms with E-state index in [9.17, 15) is 13.2 Å². The Bertz CT molecular complexity index is 491. The molecule has 0 aliphatic rings. The van der Waals surface area contributed by atoms with Gasteiger partial charge in [0.2, 0.25) is 0 Å². The summed E-state index contributed by atoms with van der Waals surface area (Å²) in [7, 11) is -3.91. The number of aryl methyl sites for hydroxylation is 1. The number of hydrogen-bond acceptors (Lipinski definition) is 4. The highest BCUT2D eigenvalue weighted by molar-refractivity contribution is 7.90. The number of hydrogen-bond donors (Lipinski definition) is 3. The summed E-state index contributed by atoms with van der Waals surface area (Å²) < 4.78 is 28.5. The molecule has 0 bridgehead atoms. The summed E-state index contributed by atoms with van der Waals surface area (Å²) in [5, 5.41) is 4.81. The minimum atomic E-state index is -3.91. The molecule has 0 amide bonds. The molecule has 0 unspecified atom stereocenters. The molecule has 0 aliphatic heterocycles. The van der Waals surface area contributed by atoms with Gasteiger partial charge in [0.25, 0.3) is 10.2 Å². The predicted molar refractivity (Wildman–Crippen MR) is 58.2 cm³/mol. The van der Waals surface area contributed by atoms with Gasteiger partial charge in [-0.15, -0.1) is 0 Å². The van der Waals surface area contributed by atoms with Gasteiger partial charge in [0.15, 0.2) is 0 Å². The van der Waals surface area contributed by atoms with Gasteiger partial charge in [0, 0.05) is 11.9 Å². The van der Waals surface area contributed by atoms with Gasteiger partial charge in [-0.2, -0.15) is 8.42 Å². The average molecular weight is 247 g/mol. The molecule has 90 valence electrons. The Labute approximate surface area is 93.2 Å². The fraction of sp³-hybridized carbons (Fsp3) is 0.375. The van der Waals surface area contributed by atoms with Crippen molar-refractivity contribution in [3.63, 3.8) is 0 Å². The van der Waals surface area contributed by atoms with Crippen LogP contribution < -0.4 is 9.86 Å². The third-order valence-electron chi connectivity index (χ3n) is 1.81. The quantitative estimate of drug-likeness (QED) is 0.655. The summed E-state index contributed by atoms with van der Waals surface area (Å²) in [6.07, 6.45) is 1.34. The Hall–Kier alpha value is -1.54. The Morgan fingerprint density at radius 3 is 2.75 bits per heavy atom. The van der Waals surface area contributed by atoms with Crippen molar-refractivity contribution in [3.8, 4) is 0 Å². The van der Waals surface area contributed by atoms with Crippen LogP contribution in [0.5, 0.6) is 0 Å². The normalized spacial score (nSPS) is 11.2. The summed E-state index contributed by atoms with van der Waals surface area (Å²) in [5.41, 5.74) is 0.721. The van der Waals surface area contributed by atoms with Crippen molar-refractivity contribution in [1.29, 1.82) is 0 Å².